The normalized spacial score (nSPS) is 23.9. The summed E-state index contributed by atoms with van der Waals surface area (Å²) in [4.78, 5) is 12.2. The fourth-order valence-electron chi connectivity index (χ4n) is 1.77. The average Bonchev–Trinajstić information content (AvgIpc) is 2.44. The Morgan fingerprint density at radius 1 is 1.56 bits per heavy atom. The van der Waals surface area contributed by atoms with Crippen molar-refractivity contribution in [3.63, 3.8) is 0 Å². The van der Waals surface area contributed by atoms with Crippen LogP contribution in [0.4, 0.5) is 13.2 Å². The number of amides is 1. The maximum absolute atomic E-state index is 12.1. The van der Waals surface area contributed by atoms with Crippen LogP contribution in [0.1, 0.15) is 26.7 Å². The summed E-state index contributed by atoms with van der Waals surface area (Å²) in [5.41, 5.74) is 0. The zero-order chi connectivity index (χ0) is 12.3. The van der Waals surface area contributed by atoms with Crippen LogP contribution in [0.15, 0.2) is 0 Å². The number of hydrogen-bond acceptors (Lipinski definition) is 2. The summed E-state index contributed by atoms with van der Waals surface area (Å²) >= 11 is 0. The van der Waals surface area contributed by atoms with Gasteiger partial charge in [0.15, 0.2) is 0 Å². The standard InChI is InChI=1S/C10H17F3N2O/c1-3-7(2)14-8-4-9(16)15(5-8)6-10(11,12)13/h7-8,14H,3-6H2,1-2H3. The number of alkyl halides is 3. The molecule has 16 heavy (non-hydrogen) atoms. The predicted molar refractivity (Wildman–Crippen MR) is 53.9 cm³/mol. The third-order valence-corrected chi connectivity index (χ3v) is 2.72. The maximum atomic E-state index is 12.1. The molecule has 2 atom stereocenters. The number of rotatable bonds is 4. The topological polar surface area (TPSA) is 32.3 Å². The summed E-state index contributed by atoms with van der Waals surface area (Å²) in [7, 11) is 0. The SMILES string of the molecule is CCC(C)NC1CC(=O)N(CC(F)(F)F)C1. The molecule has 1 saturated heterocycles. The number of nitrogens with one attached hydrogen (secondary N) is 1. The first-order chi connectivity index (χ1) is 7.31. The smallest absolute Gasteiger partial charge is 0.332 e. The molecule has 0 aliphatic carbocycles. The molecule has 1 fully saturated rings. The Kier molecular flexibility index (Phi) is 4.18. The summed E-state index contributed by atoms with van der Waals surface area (Å²) in [6, 6.07) is 0.0773. The van der Waals surface area contributed by atoms with Gasteiger partial charge in [-0.05, 0) is 13.3 Å². The molecule has 0 spiro atoms. The molecule has 1 N–H and O–H groups in total. The molecule has 0 aromatic carbocycles. The van der Waals surface area contributed by atoms with Crippen LogP contribution >= 0.6 is 0 Å². The molecule has 1 aliphatic rings. The van der Waals surface area contributed by atoms with Gasteiger partial charge in [0.2, 0.25) is 5.91 Å². The van der Waals surface area contributed by atoms with Crippen LogP contribution in [0.25, 0.3) is 0 Å². The van der Waals surface area contributed by atoms with Crippen LogP contribution < -0.4 is 5.32 Å². The van der Waals surface area contributed by atoms with Crippen molar-refractivity contribution in [3.05, 3.63) is 0 Å². The van der Waals surface area contributed by atoms with Crippen molar-refractivity contribution < 1.29 is 18.0 Å². The van der Waals surface area contributed by atoms with E-state index in [1.165, 1.54) is 0 Å². The van der Waals surface area contributed by atoms with Gasteiger partial charge in [0.1, 0.15) is 6.54 Å². The Morgan fingerprint density at radius 3 is 2.69 bits per heavy atom. The highest BCUT2D eigenvalue weighted by Crippen LogP contribution is 2.21. The quantitative estimate of drug-likeness (QED) is 0.805. The zero-order valence-corrected chi connectivity index (χ0v) is 9.47. The number of carbonyl (C=O) groups is 1. The van der Waals surface area contributed by atoms with Crippen molar-refractivity contribution in [2.45, 2.75) is 44.9 Å². The van der Waals surface area contributed by atoms with Crippen molar-refractivity contribution in [3.8, 4) is 0 Å². The third kappa shape index (κ3) is 4.00. The summed E-state index contributed by atoms with van der Waals surface area (Å²) < 4.78 is 36.4. The minimum absolute atomic E-state index is 0.148. The lowest BCUT2D eigenvalue weighted by molar-refractivity contribution is -0.157. The number of nitrogens with zero attached hydrogens (tertiary/aromatic N) is 1. The molecule has 0 aromatic heterocycles. The lowest BCUT2D eigenvalue weighted by atomic mass is 10.2. The van der Waals surface area contributed by atoms with Crippen molar-refractivity contribution in [2.75, 3.05) is 13.1 Å². The van der Waals surface area contributed by atoms with E-state index in [2.05, 4.69) is 5.32 Å². The Balaban J connectivity index is 2.44. The Hall–Kier alpha value is -0.780. The highest BCUT2D eigenvalue weighted by molar-refractivity contribution is 5.79. The van der Waals surface area contributed by atoms with Crippen LogP contribution in [0, 0.1) is 0 Å². The van der Waals surface area contributed by atoms with Gasteiger partial charge >= 0.3 is 6.18 Å². The van der Waals surface area contributed by atoms with E-state index >= 15 is 0 Å². The van der Waals surface area contributed by atoms with Crippen LogP contribution in [0.3, 0.4) is 0 Å². The lowest BCUT2D eigenvalue weighted by Gasteiger charge is -2.20. The van der Waals surface area contributed by atoms with Gasteiger partial charge in [0, 0.05) is 25.0 Å². The van der Waals surface area contributed by atoms with Crippen LogP contribution in [0.5, 0.6) is 0 Å². The van der Waals surface area contributed by atoms with Crippen LogP contribution in [-0.2, 0) is 4.79 Å². The highest BCUT2D eigenvalue weighted by Gasteiger charge is 2.38. The number of likely N-dealkylation sites (tertiary alicyclic amines) is 1. The third-order valence-electron chi connectivity index (χ3n) is 2.72. The fraction of sp³-hybridized carbons (Fsp3) is 0.900. The summed E-state index contributed by atoms with van der Waals surface area (Å²) in [5.74, 6) is -0.418. The molecule has 0 saturated carbocycles. The predicted octanol–water partition coefficient (Wildman–Crippen LogP) is 1.54. The second-order valence-electron chi connectivity index (χ2n) is 4.27. The molecule has 3 nitrogen and oxygen atoms in total. The molecule has 94 valence electrons. The molecule has 1 amide bonds. The molecular weight excluding hydrogens is 221 g/mol. The summed E-state index contributed by atoms with van der Waals surface area (Å²) in [6.07, 6.45) is -3.24. The minimum atomic E-state index is -4.30. The van der Waals surface area contributed by atoms with Crippen molar-refractivity contribution >= 4 is 5.91 Å². The molecule has 0 bridgehead atoms. The molecule has 1 heterocycles. The van der Waals surface area contributed by atoms with Gasteiger partial charge in [-0.3, -0.25) is 4.79 Å². The van der Waals surface area contributed by atoms with E-state index in [1.807, 2.05) is 13.8 Å². The van der Waals surface area contributed by atoms with Crippen molar-refractivity contribution in [2.24, 2.45) is 0 Å². The van der Waals surface area contributed by atoms with E-state index in [0.717, 1.165) is 11.3 Å². The summed E-state index contributed by atoms with van der Waals surface area (Å²) in [5, 5.41) is 3.14. The number of hydrogen-bond donors (Lipinski definition) is 1. The highest BCUT2D eigenvalue weighted by atomic mass is 19.4. The van der Waals surface area contributed by atoms with E-state index in [1.54, 1.807) is 0 Å². The van der Waals surface area contributed by atoms with E-state index in [9.17, 15) is 18.0 Å². The molecule has 0 radical (unpaired) electrons. The first-order valence-corrected chi connectivity index (χ1v) is 5.42. The van der Waals surface area contributed by atoms with Crippen molar-refractivity contribution in [1.82, 2.24) is 10.2 Å². The summed E-state index contributed by atoms with van der Waals surface area (Å²) in [6.45, 7) is 2.96. The monoisotopic (exact) mass is 238 g/mol. The Morgan fingerprint density at radius 2 is 2.19 bits per heavy atom. The van der Waals surface area contributed by atoms with Gasteiger partial charge in [0.05, 0.1) is 0 Å². The zero-order valence-electron chi connectivity index (χ0n) is 9.47. The molecule has 1 rings (SSSR count). The lowest BCUT2D eigenvalue weighted by Crippen LogP contribution is -2.40. The molecular formula is C10H17F3N2O. The second kappa shape index (κ2) is 5.03. The van der Waals surface area contributed by atoms with Gasteiger partial charge in [-0.2, -0.15) is 13.2 Å². The molecule has 1 aliphatic heterocycles. The number of carbonyl (C=O) groups excluding carboxylic acids is 1. The van der Waals surface area contributed by atoms with E-state index in [4.69, 9.17) is 0 Å². The minimum Gasteiger partial charge on any atom is -0.332 e. The van der Waals surface area contributed by atoms with Crippen LogP contribution in [0.2, 0.25) is 0 Å². The van der Waals surface area contributed by atoms with E-state index in [0.29, 0.717) is 0 Å². The first kappa shape index (κ1) is 13.3. The Labute approximate surface area is 93.0 Å². The van der Waals surface area contributed by atoms with Gasteiger partial charge in [-0.25, -0.2) is 0 Å². The largest absolute Gasteiger partial charge is 0.406 e. The average molecular weight is 238 g/mol. The maximum Gasteiger partial charge on any atom is 0.406 e. The van der Waals surface area contributed by atoms with Crippen molar-refractivity contribution in [1.29, 1.82) is 0 Å². The van der Waals surface area contributed by atoms with Gasteiger partial charge in [-0.1, -0.05) is 6.92 Å². The molecule has 0 aromatic rings. The van der Waals surface area contributed by atoms with Gasteiger partial charge < -0.3 is 10.2 Å². The van der Waals surface area contributed by atoms with Gasteiger partial charge in [-0.15, -0.1) is 0 Å². The van der Waals surface area contributed by atoms with E-state index < -0.39 is 18.6 Å². The van der Waals surface area contributed by atoms with Gasteiger partial charge in [0.25, 0.3) is 0 Å². The Bertz CT molecular complexity index is 255. The second-order valence-corrected chi connectivity index (χ2v) is 4.27. The molecule has 2 unspecified atom stereocenters. The fourth-order valence-corrected chi connectivity index (χ4v) is 1.77. The molecule has 6 heteroatoms. The number of halogens is 3. The van der Waals surface area contributed by atoms with E-state index in [-0.39, 0.29) is 25.0 Å². The van der Waals surface area contributed by atoms with Crippen LogP contribution in [-0.4, -0.2) is 42.2 Å². The first-order valence-electron chi connectivity index (χ1n) is 5.42.